The lowest BCUT2D eigenvalue weighted by Crippen LogP contribution is -2.46. The van der Waals surface area contributed by atoms with Crippen LogP contribution in [0.2, 0.25) is 0 Å². The summed E-state index contributed by atoms with van der Waals surface area (Å²) in [5.41, 5.74) is 0.455. The van der Waals surface area contributed by atoms with Crippen LogP contribution in [0, 0.1) is 10.1 Å². The zero-order chi connectivity index (χ0) is 21.1. The van der Waals surface area contributed by atoms with Crippen molar-refractivity contribution in [1.29, 1.82) is 0 Å². The third-order valence-electron chi connectivity index (χ3n) is 5.27. The molecular weight excluding hydrogens is 382 g/mol. The third kappa shape index (κ3) is 3.41. The average molecular weight is 401 g/mol. The van der Waals surface area contributed by atoms with E-state index in [1.54, 1.807) is 30.3 Å². The molecule has 1 aliphatic heterocycles. The maximum Gasteiger partial charge on any atom is 0.325 e. The van der Waals surface area contributed by atoms with Gasteiger partial charge < -0.3 is 5.32 Å². The number of nitro groups is 1. The number of urea groups is 1. The Morgan fingerprint density at radius 2 is 1.47 bits per heavy atom. The molecule has 7 nitrogen and oxygen atoms in total. The molecule has 0 unspecified atom stereocenters. The van der Waals surface area contributed by atoms with Gasteiger partial charge in [0.2, 0.25) is 0 Å². The summed E-state index contributed by atoms with van der Waals surface area (Å²) in [5, 5.41) is 14.2. The van der Waals surface area contributed by atoms with E-state index in [-0.39, 0.29) is 18.7 Å². The summed E-state index contributed by atoms with van der Waals surface area (Å²) in [6, 6.07) is 24.0. The van der Waals surface area contributed by atoms with Crippen molar-refractivity contribution in [1.82, 2.24) is 10.2 Å². The van der Waals surface area contributed by atoms with Gasteiger partial charge in [-0.2, -0.15) is 0 Å². The van der Waals surface area contributed by atoms with Crippen molar-refractivity contribution in [2.45, 2.75) is 18.5 Å². The van der Waals surface area contributed by atoms with E-state index >= 15 is 0 Å². The van der Waals surface area contributed by atoms with Gasteiger partial charge in [-0.25, -0.2) is 4.79 Å². The Labute approximate surface area is 173 Å². The summed E-state index contributed by atoms with van der Waals surface area (Å²) in [6.45, 7) is -0.175. The van der Waals surface area contributed by atoms with Gasteiger partial charge in [0.15, 0.2) is 5.54 Å². The van der Waals surface area contributed by atoms with Crippen LogP contribution in [-0.2, 0) is 23.3 Å². The van der Waals surface area contributed by atoms with Gasteiger partial charge in [0, 0.05) is 18.1 Å². The van der Waals surface area contributed by atoms with Gasteiger partial charge in [-0.05, 0) is 11.1 Å². The molecule has 0 spiro atoms. The third-order valence-corrected chi connectivity index (χ3v) is 5.27. The van der Waals surface area contributed by atoms with Crippen LogP contribution in [0.4, 0.5) is 10.5 Å². The van der Waals surface area contributed by atoms with Crippen molar-refractivity contribution >= 4 is 17.6 Å². The summed E-state index contributed by atoms with van der Waals surface area (Å²) in [5.74, 6) is -0.430. The van der Waals surface area contributed by atoms with Gasteiger partial charge in [-0.15, -0.1) is 0 Å². The first kappa shape index (κ1) is 19.3. The van der Waals surface area contributed by atoms with E-state index < -0.39 is 22.4 Å². The normalized spacial score (nSPS) is 18.3. The van der Waals surface area contributed by atoms with Gasteiger partial charge in [0.1, 0.15) is 0 Å². The number of amides is 3. The van der Waals surface area contributed by atoms with E-state index in [1.807, 2.05) is 48.5 Å². The molecule has 4 rings (SSSR count). The Hall–Kier alpha value is -4.00. The summed E-state index contributed by atoms with van der Waals surface area (Å²) in [7, 11) is 0. The smallest absolute Gasteiger partial charge is 0.319 e. The molecule has 30 heavy (non-hydrogen) atoms. The van der Waals surface area contributed by atoms with Crippen LogP contribution in [-0.4, -0.2) is 21.8 Å². The topological polar surface area (TPSA) is 92.6 Å². The average Bonchev–Trinajstić information content (AvgIpc) is 3.00. The molecule has 1 heterocycles. The molecule has 0 aliphatic carbocycles. The van der Waals surface area contributed by atoms with Crippen LogP contribution in [0.25, 0.3) is 0 Å². The molecule has 0 radical (unpaired) electrons. The maximum atomic E-state index is 13.6. The first-order valence-electron chi connectivity index (χ1n) is 9.47. The predicted octanol–water partition coefficient (Wildman–Crippen LogP) is 3.78. The fraction of sp³-hybridized carbons (Fsp3) is 0.130. The van der Waals surface area contributed by atoms with E-state index in [0.29, 0.717) is 11.1 Å². The monoisotopic (exact) mass is 401 g/mol. The minimum atomic E-state index is -1.27. The molecule has 0 aromatic heterocycles. The highest BCUT2D eigenvalue weighted by Crippen LogP contribution is 2.34. The second-order valence-electron chi connectivity index (χ2n) is 7.14. The number of nitrogens with one attached hydrogen (secondary N) is 1. The van der Waals surface area contributed by atoms with Crippen LogP contribution in [0.3, 0.4) is 0 Å². The Bertz CT molecular complexity index is 1100. The highest BCUT2D eigenvalue weighted by atomic mass is 16.6. The van der Waals surface area contributed by atoms with Crippen LogP contribution in [0.1, 0.15) is 16.7 Å². The van der Waals surface area contributed by atoms with E-state index in [1.165, 1.54) is 6.07 Å². The first-order valence-corrected chi connectivity index (χ1v) is 9.47. The summed E-state index contributed by atoms with van der Waals surface area (Å²) < 4.78 is 0. The highest BCUT2D eigenvalue weighted by Gasteiger charge is 2.52. The lowest BCUT2D eigenvalue weighted by atomic mass is 9.83. The zero-order valence-corrected chi connectivity index (χ0v) is 16.0. The standard InChI is InChI=1S/C23H19N3O4/c27-21-23(19-12-5-2-6-13-19,15-17-9-3-1-4-10-17)24-22(28)25(21)16-18-11-7-8-14-20(18)26(29)30/h1-14H,15-16H2,(H,24,28)/t23-/m1/s1. The quantitative estimate of drug-likeness (QED) is 0.386. The molecule has 3 aromatic rings. The molecule has 7 heteroatoms. The molecule has 0 saturated carbocycles. The van der Waals surface area contributed by atoms with Crippen molar-refractivity contribution in [3.05, 3.63) is 112 Å². The number of benzene rings is 3. The van der Waals surface area contributed by atoms with Crippen LogP contribution >= 0.6 is 0 Å². The largest absolute Gasteiger partial charge is 0.325 e. The van der Waals surface area contributed by atoms with Crippen molar-refractivity contribution in [2.24, 2.45) is 0 Å². The number of carbonyl (C=O) groups is 2. The van der Waals surface area contributed by atoms with E-state index in [2.05, 4.69) is 5.32 Å². The van der Waals surface area contributed by atoms with Gasteiger partial charge in [0.25, 0.3) is 11.6 Å². The number of nitro benzene ring substituents is 1. The lowest BCUT2D eigenvalue weighted by molar-refractivity contribution is -0.385. The number of nitrogens with zero attached hydrogens (tertiary/aromatic N) is 2. The van der Waals surface area contributed by atoms with Gasteiger partial charge in [-0.1, -0.05) is 78.9 Å². The molecule has 1 fully saturated rings. The van der Waals surface area contributed by atoms with Gasteiger partial charge >= 0.3 is 6.03 Å². The number of hydrogen-bond donors (Lipinski definition) is 1. The Morgan fingerprint density at radius 1 is 0.867 bits per heavy atom. The number of imide groups is 1. The fourth-order valence-electron chi connectivity index (χ4n) is 3.80. The zero-order valence-electron chi connectivity index (χ0n) is 16.0. The molecule has 150 valence electrons. The van der Waals surface area contributed by atoms with E-state index in [9.17, 15) is 19.7 Å². The first-order chi connectivity index (χ1) is 14.5. The number of rotatable bonds is 6. The number of para-hydroxylation sites is 1. The SMILES string of the molecule is O=C1N[C@](Cc2ccccc2)(c2ccccc2)C(=O)N1Cc1ccccc1[N+](=O)[O-]. The fourth-order valence-corrected chi connectivity index (χ4v) is 3.80. The minimum absolute atomic E-state index is 0.127. The van der Waals surface area contributed by atoms with Crippen LogP contribution in [0.5, 0.6) is 0 Å². The number of carbonyl (C=O) groups excluding carboxylic acids is 2. The van der Waals surface area contributed by atoms with Crippen molar-refractivity contribution in [2.75, 3.05) is 0 Å². The molecule has 1 atom stereocenters. The van der Waals surface area contributed by atoms with Crippen molar-refractivity contribution < 1.29 is 14.5 Å². The Morgan fingerprint density at radius 3 is 2.13 bits per heavy atom. The van der Waals surface area contributed by atoms with Gasteiger partial charge in [0.05, 0.1) is 11.5 Å². The number of hydrogen-bond acceptors (Lipinski definition) is 4. The molecule has 1 saturated heterocycles. The van der Waals surface area contributed by atoms with E-state index in [0.717, 1.165) is 10.5 Å². The van der Waals surface area contributed by atoms with Crippen molar-refractivity contribution in [3.8, 4) is 0 Å². The second-order valence-corrected chi connectivity index (χ2v) is 7.14. The molecule has 3 amide bonds. The molecule has 0 bridgehead atoms. The van der Waals surface area contributed by atoms with Crippen LogP contribution < -0.4 is 5.32 Å². The maximum absolute atomic E-state index is 13.6. The molecule has 1 aliphatic rings. The summed E-state index contributed by atoms with van der Waals surface area (Å²) in [6.07, 6.45) is 0.274. The summed E-state index contributed by atoms with van der Waals surface area (Å²) in [4.78, 5) is 38.4. The predicted molar refractivity (Wildman–Crippen MR) is 110 cm³/mol. The molecule has 1 N–H and O–H groups in total. The van der Waals surface area contributed by atoms with Crippen molar-refractivity contribution in [3.63, 3.8) is 0 Å². The van der Waals surface area contributed by atoms with E-state index in [4.69, 9.17) is 0 Å². The summed E-state index contributed by atoms with van der Waals surface area (Å²) >= 11 is 0. The lowest BCUT2D eigenvalue weighted by Gasteiger charge is -2.27. The van der Waals surface area contributed by atoms with Gasteiger partial charge in [-0.3, -0.25) is 19.8 Å². The molecular formula is C23H19N3O4. The second kappa shape index (κ2) is 7.79. The highest BCUT2D eigenvalue weighted by molar-refractivity contribution is 6.07. The Kier molecular flexibility index (Phi) is 5.02. The molecule has 3 aromatic carbocycles. The minimum Gasteiger partial charge on any atom is -0.319 e. The Balaban J connectivity index is 1.74. The van der Waals surface area contributed by atoms with Crippen LogP contribution in [0.15, 0.2) is 84.9 Å².